The Kier molecular flexibility index (Phi) is 3.99. The van der Waals surface area contributed by atoms with Gasteiger partial charge >= 0.3 is 0 Å². The van der Waals surface area contributed by atoms with E-state index in [1.54, 1.807) is 0 Å². The van der Waals surface area contributed by atoms with Crippen molar-refractivity contribution in [2.24, 2.45) is 5.92 Å². The molecule has 3 unspecified atom stereocenters. The smallest absolute Gasteiger partial charge is 0.127 e. The first kappa shape index (κ1) is 13.9. The maximum atomic E-state index is 10.5. The highest BCUT2D eigenvalue weighted by Crippen LogP contribution is 2.40. The lowest BCUT2D eigenvalue weighted by molar-refractivity contribution is -0.0143. The lowest BCUT2D eigenvalue weighted by Gasteiger charge is -2.42. The molecule has 0 radical (unpaired) electrons. The maximum Gasteiger partial charge on any atom is 0.127 e. The van der Waals surface area contributed by atoms with Gasteiger partial charge in [-0.05, 0) is 37.3 Å². The van der Waals surface area contributed by atoms with Gasteiger partial charge in [-0.2, -0.15) is 0 Å². The van der Waals surface area contributed by atoms with E-state index in [1.165, 1.54) is 24.0 Å². The number of likely N-dealkylation sites (tertiary alicyclic amines) is 1. The summed E-state index contributed by atoms with van der Waals surface area (Å²) in [7, 11) is 0. The average molecular weight is 275 g/mol. The number of aliphatic hydroxyl groups is 1. The highest BCUT2D eigenvalue weighted by atomic mass is 16.5. The van der Waals surface area contributed by atoms with Crippen molar-refractivity contribution < 1.29 is 9.84 Å². The van der Waals surface area contributed by atoms with E-state index in [-0.39, 0.29) is 6.04 Å². The zero-order chi connectivity index (χ0) is 14.1. The number of nitrogens with zero attached hydrogens (tertiary/aromatic N) is 1. The van der Waals surface area contributed by atoms with Gasteiger partial charge in [0.2, 0.25) is 0 Å². The second kappa shape index (κ2) is 5.74. The molecule has 0 spiro atoms. The van der Waals surface area contributed by atoms with E-state index >= 15 is 0 Å². The van der Waals surface area contributed by atoms with Crippen LogP contribution >= 0.6 is 0 Å². The number of piperidine rings is 1. The van der Waals surface area contributed by atoms with Gasteiger partial charge in [-0.1, -0.05) is 32.0 Å². The first-order chi connectivity index (χ1) is 9.70. The van der Waals surface area contributed by atoms with Crippen molar-refractivity contribution in [3.63, 3.8) is 0 Å². The molecule has 3 nitrogen and oxygen atoms in total. The number of ether oxygens (including phenoxy) is 1. The van der Waals surface area contributed by atoms with Crippen LogP contribution in [-0.2, 0) is 6.42 Å². The number of aryl methyl sites for hydroxylation is 1. The molecule has 0 amide bonds. The van der Waals surface area contributed by atoms with Crippen LogP contribution in [0.1, 0.15) is 43.9 Å². The number of benzene rings is 1. The van der Waals surface area contributed by atoms with Crippen LogP contribution in [0, 0.1) is 5.92 Å². The summed E-state index contributed by atoms with van der Waals surface area (Å²) in [5, 5.41) is 10.5. The fraction of sp³-hybridized carbons (Fsp3) is 0.647. The van der Waals surface area contributed by atoms with Gasteiger partial charge in [0.05, 0.1) is 6.04 Å². The molecule has 1 fully saturated rings. The standard InChI is InChI=1S/C17H25NO2/c1-3-13-7-4-8-14-16(15(19)11-20-17(13)14)18-9-5-6-12(2)10-18/h4,7-8,12,15-16,19H,3,5-6,9-11H2,1-2H3. The molecule has 1 saturated heterocycles. The summed E-state index contributed by atoms with van der Waals surface area (Å²) in [6.45, 7) is 7.04. The molecule has 1 N–H and O–H groups in total. The molecule has 0 aliphatic carbocycles. The Morgan fingerprint density at radius 1 is 1.40 bits per heavy atom. The lowest BCUT2D eigenvalue weighted by atomic mass is 9.90. The normalized spacial score (nSPS) is 30.6. The summed E-state index contributed by atoms with van der Waals surface area (Å²) >= 11 is 0. The van der Waals surface area contributed by atoms with Crippen LogP contribution in [0.2, 0.25) is 0 Å². The zero-order valence-electron chi connectivity index (χ0n) is 12.5. The van der Waals surface area contributed by atoms with Crippen molar-refractivity contribution in [1.82, 2.24) is 4.90 Å². The molecular formula is C17H25NO2. The minimum absolute atomic E-state index is 0.105. The molecule has 3 atom stereocenters. The lowest BCUT2D eigenvalue weighted by Crippen LogP contribution is -2.46. The summed E-state index contributed by atoms with van der Waals surface area (Å²) in [6, 6.07) is 6.46. The number of fused-ring (bicyclic) bond motifs is 1. The summed E-state index contributed by atoms with van der Waals surface area (Å²) in [4.78, 5) is 2.46. The van der Waals surface area contributed by atoms with E-state index in [4.69, 9.17) is 4.74 Å². The Labute approximate surface area is 121 Å². The van der Waals surface area contributed by atoms with Crippen LogP contribution in [0.25, 0.3) is 0 Å². The van der Waals surface area contributed by atoms with Gasteiger partial charge in [-0.3, -0.25) is 4.90 Å². The molecule has 1 aromatic carbocycles. The van der Waals surface area contributed by atoms with Crippen LogP contribution in [0.4, 0.5) is 0 Å². The summed E-state index contributed by atoms with van der Waals surface area (Å²) < 4.78 is 5.83. The van der Waals surface area contributed by atoms with Crippen LogP contribution in [-0.4, -0.2) is 35.8 Å². The van der Waals surface area contributed by atoms with Crippen molar-refractivity contribution in [3.05, 3.63) is 29.3 Å². The summed E-state index contributed by atoms with van der Waals surface area (Å²) in [6.07, 6.45) is 3.09. The summed E-state index contributed by atoms with van der Waals surface area (Å²) in [5.41, 5.74) is 2.43. The van der Waals surface area contributed by atoms with E-state index in [2.05, 4.69) is 36.9 Å². The third kappa shape index (κ3) is 2.45. The monoisotopic (exact) mass is 275 g/mol. The van der Waals surface area contributed by atoms with Crippen molar-refractivity contribution in [1.29, 1.82) is 0 Å². The van der Waals surface area contributed by atoms with Crippen molar-refractivity contribution in [2.75, 3.05) is 19.7 Å². The molecule has 2 heterocycles. The molecule has 3 rings (SSSR count). The number of hydrogen-bond acceptors (Lipinski definition) is 3. The molecule has 0 aromatic heterocycles. The fourth-order valence-corrected chi connectivity index (χ4v) is 3.68. The fourth-order valence-electron chi connectivity index (χ4n) is 3.68. The van der Waals surface area contributed by atoms with E-state index < -0.39 is 6.10 Å². The third-order valence-electron chi connectivity index (χ3n) is 4.67. The topological polar surface area (TPSA) is 32.7 Å². The predicted octanol–water partition coefficient (Wildman–Crippen LogP) is 2.78. The first-order valence-corrected chi connectivity index (χ1v) is 7.87. The van der Waals surface area contributed by atoms with Crippen LogP contribution in [0.15, 0.2) is 18.2 Å². The van der Waals surface area contributed by atoms with Gasteiger partial charge in [0.1, 0.15) is 18.5 Å². The third-order valence-corrected chi connectivity index (χ3v) is 4.67. The largest absolute Gasteiger partial charge is 0.490 e. The zero-order valence-corrected chi connectivity index (χ0v) is 12.5. The van der Waals surface area contributed by atoms with Gasteiger partial charge in [-0.15, -0.1) is 0 Å². The molecule has 110 valence electrons. The molecule has 2 aliphatic rings. The Bertz CT molecular complexity index is 474. The number of aliphatic hydroxyl groups excluding tert-OH is 1. The molecule has 0 saturated carbocycles. The molecule has 20 heavy (non-hydrogen) atoms. The van der Waals surface area contributed by atoms with E-state index in [0.29, 0.717) is 6.61 Å². The minimum atomic E-state index is -0.417. The Morgan fingerprint density at radius 2 is 2.25 bits per heavy atom. The predicted molar refractivity (Wildman–Crippen MR) is 80.0 cm³/mol. The second-order valence-electron chi connectivity index (χ2n) is 6.25. The molecular weight excluding hydrogens is 250 g/mol. The van der Waals surface area contributed by atoms with Crippen molar-refractivity contribution in [3.8, 4) is 5.75 Å². The molecule has 2 aliphatic heterocycles. The molecule has 0 bridgehead atoms. The van der Waals surface area contributed by atoms with Crippen molar-refractivity contribution in [2.45, 2.75) is 45.3 Å². The minimum Gasteiger partial charge on any atom is -0.490 e. The second-order valence-corrected chi connectivity index (χ2v) is 6.25. The Morgan fingerprint density at radius 3 is 3.00 bits per heavy atom. The quantitative estimate of drug-likeness (QED) is 0.901. The van der Waals surface area contributed by atoms with Crippen LogP contribution in [0.5, 0.6) is 5.75 Å². The highest BCUT2D eigenvalue weighted by Gasteiger charge is 2.36. The van der Waals surface area contributed by atoms with Crippen LogP contribution in [0.3, 0.4) is 0 Å². The summed E-state index contributed by atoms with van der Waals surface area (Å²) in [5.74, 6) is 1.74. The van der Waals surface area contributed by atoms with E-state index in [9.17, 15) is 5.11 Å². The Balaban J connectivity index is 1.95. The van der Waals surface area contributed by atoms with Gasteiger partial charge in [-0.25, -0.2) is 0 Å². The Hall–Kier alpha value is -1.06. The maximum absolute atomic E-state index is 10.5. The average Bonchev–Trinajstić information content (AvgIpc) is 2.46. The molecule has 1 aromatic rings. The number of hydrogen-bond donors (Lipinski definition) is 1. The van der Waals surface area contributed by atoms with Gasteiger partial charge in [0, 0.05) is 12.1 Å². The highest BCUT2D eigenvalue weighted by molar-refractivity contribution is 5.45. The van der Waals surface area contributed by atoms with Gasteiger partial charge in [0.15, 0.2) is 0 Å². The number of rotatable bonds is 2. The SMILES string of the molecule is CCc1cccc2c1OCC(O)C2N1CCCC(C)C1. The van der Waals surface area contributed by atoms with Gasteiger partial charge < -0.3 is 9.84 Å². The van der Waals surface area contributed by atoms with E-state index in [0.717, 1.165) is 31.2 Å². The van der Waals surface area contributed by atoms with E-state index in [1.807, 2.05) is 0 Å². The number of para-hydroxylation sites is 1. The first-order valence-electron chi connectivity index (χ1n) is 7.87. The van der Waals surface area contributed by atoms with Crippen LogP contribution < -0.4 is 4.74 Å². The van der Waals surface area contributed by atoms with Gasteiger partial charge in [0.25, 0.3) is 0 Å². The van der Waals surface area contributed by atoms with Crippen molar-refractivity contribution >= 4 is 0 Å². The molecule has 3 heteroatoms.